The predicted octanol–water partition coefficient (Wildman–Crippen LogP) is 9.94. The third kappa shape index (κ3) is 7.88. The van der Waals surface area contributed by atoms with Gasteiger partial charge in [0.05, 0.1) is 0 Å². The Bertz CT molecular complexity index is 1170. The second-order valence-corrected chi connectivity index (χ2v) is 8.60. The van der Waals surface area contributed by atoms with E-state index in [1.165, 1.54) is 65.8 Å². The largest absolute Gasteiger partial charge is 0.185 e. The van der Waals surface area contributed by atoms with Gasteiger partial charge in [-0.1, -0.05) is 60.7 Å². The Labute approximate surface area is 240 Å². The Morgan fingerprint density at radius 2 is 0.941 bits per heavy atom. The van der Waals surface area contributed by atoms with Crippen LogP contribution in [0.15, 0.2) is 108 Å². The van der Waals surface area contributed by atoms with Gasteiger partial charge in [0, 0.05) is 0 Å². The Balaban J connectivity index is 0.000000538. The molecule has 0 amide bonds. The van der Waals surface area contributed by atoms with Crippen molar-refractivity contribution < 1.29 is 23.3 Å². The molecule has 34 heavy (non-hydrogen) atoms. The smallest absolute Gasteiger partial charge is 0.0174 e. The van der Waals surface area contributed by atoms with Crippen molar-refractivity contribution in [3.63, 3.8) is 0 Å². The van der Waals surface area contributed by atoms with Crippen LogP contribution in [0.5, 0.6) is 0 Å². The van der Waals surface area contributed by atoms with Gasteiger partial charge in [0.15, 0.2) is 0 Å². The zero-order valence-electron chi connectivity index (χ0n) is 19.0. The second-order valence-electron chi connectivity index (χ2n) is 6.70. The van der Waals surface area contributed by atoms with Crippen LogP contribution in [0.4, 0.5) is 0 Å². The van der Waals surface area contributed by atoms with Crippen LogP contribution in [0.2, 0.25) is 0 Å². The van der Waals surface area contributed by atoms with Crippen LogP contribution in [0.3, 0.4) is 0 Å². The van der Waals surface area contributed by atoms with Gasteiger partial charge >= 0.3 is 30.2 Å². The van der Waals surface area contributed by atoms with Gasteiger partial charge in [-0.05, 0) is 20.5 Å². The molecule has 0 atom stereocenters. The summed E-state index contributed by atoms with van der Waals surface area (Å²) >= 11 is 4.94. The predicted molar refractivity (Wildman–Crippen MR) is 159 cm³/mol. The molecular formula is C28H26Cl2S2SiZr-4. The van der Waals surface area contributed by atoms with Crippen molar-refractivity contribution in [3.05, 3.63) is 123 Å². The van der Waals surface area contributed by atoms with Crippen molar-refractivity contribution in [1.29, 1.82) is 0 Å². The van der Waals surface area contributed by atoms with Gasteiger partial charge in [-0.15, -0.1) is 93.9 Å². The van der Waals surface area contributed by atoms with E-state index >= 15 is 0 Å². The van der Waals surface area contributed by atoms with Gasteiger partial charge in [0.25, 0.3) is 0 Å². The number of halogens is 2. The molecule has 0 bridgehead atoms. The maximum absolute atomic E-state index is 3.06. The molecule has 0 aliphatic carbocycles. The molecule has 2 heterocycles. The van der Waals surface area contributed by atoms with Gasteiger partial charge in [0.1, 0.15) is 0 Å². The Morgan fingerprint density at radius 1 is 0.559 bits per heavy atom. The summed E-state index contributed by atoms with van der Waals surface area (Å²) in [5.74, 6) is 0. The van der Waals surface area contributed by atoms with E-state index in [1.54, 1.807) is 22.7 Å². The standard InChI is InChI=1S/2C13H9S.2CH3.2ClH.Si.Zr/c2*1-2-5-11-9-12(8-10(11)4-1)13-6-3-7-14-13;;;;;;/h2*1-9H;2*1H3;2*1H;;/q4*-1;;;;. The Kier molecular flexibility index (Phi) is 15.8. The number of thiophene rings is 2. The van der Waals surface area contributed by atoms with Gasteiger partial charge in [0.2, 0.25) is 0 Å². The van der Waals surface area contributed by atoms with Gasteiger partial charge in [-0.25, -0.2) is 0 Å². The van der Waals surface area contributed by atoms with Gasteiger partial charge in [-0.2, -0.15) is 22.7 Å². The summed E-state index contributed by atoms with van der Waals surface area (Å²) in [5, 5.41) is 9.55. The van der Waals surface area contributed by atoms with Crippen molar-refractivity contribution >= 4 is 75.9 Å². The van der Waals surface area contributed by atoms with Crippen LogP contribution < -0.4 is 0 Å². The third-order valence-electron chi connectivity index (χ3n) is 4.85. The fourth-order valence-electron chi connectivity index (χ4n) is 3.47. The van der Waals surface area contributed by atoms with Gasteiger partial charge < -0.3 is 14.9 Å². The first-order valence-electron chi connectivity index (χ1n) is 9.50. The molecule has 0 aliphatic rings. The molecule has 0 nitrogen and oxygen atoms in total. The molecule has 176 valence electrons. The summed E-state index contributed by atoms with van der Waals surface area (Å²) in [6.07, 6.45) is 0. The van der Waals surface area contributed by atoms with Crippen molar-refractivity contribution in [3.8, 4) is 20.9 Å². The molecule has 0 saturated carbocycles. The summed E-state index contributed by atoms with van der Waals surface area (Å²) in [6.45, 7) is 3.06. The molecule has 6 rings (SSSR count). The first kappa shape index (κ1) is 32.7. The SMILES string of the molecule is Cl.Cl.[CH3-].[CH3-].[Si]=[Zr].c1csc(-c2cc3ccccc3[cH-]2)c1.c1csc(-c2cc3ccccc3[cH-]2)c1. The second kappa shape index (κ2) is 16.4. The van der Waals surface area contributed by atoms with Crippen LogP contribution in [0.25, 0.3) is 42.4 Å². The minimum absolute atomic E-state index is 0. The Morgan fingerprint density at radius 3 is 1.26 bits per heavy atom. The quantitative estimate of drug-likeness (QED) is 0.134. The summed E-state index contributed by atoms with van der Waals surface area (Å²) < 4.78 is 0. The molecule has 0 fully saturated rings. The van der Waals surface area contributed by atoms with Crippen LogP contribution >= 0.6 is 47.5 Å². The molecular weight excluding hydrogens is 591 g/mol. The number of hydrogen-bond acceptors (Lipinski definition) is 2. The monoisotopic (exact) mass is 614 g/mol. The topological polar surface area (TPSA) is 0 Å². The molecule has 0 aliphatic heterocycles. The van der Waals surface area contributed by atoms with E-state index in [1.807, 2.05) is 0 Å². The van der Waals surface area contributed by atoms with E-state index in [0.29, 0.717) is 0 Å². The van der Waals surface area contributed by atoms with Crippen LogP contribution in [0.1, 0.15) is 0 Å². The van der Waals surface area contributed by atoms with E-state index < -0.39 is 0 Å². The van der Waals surface area contributed by atoms with Crippen molar-refractivity contribution in [2.75, 3.05) is 0 Å². The molecule has 6 aromatic rings. The average Bonchev–Trinajstić information content (AvgIpc) is 3.60. The van der Waals surface area contributed by atoms with E-state index in [4.69, 9.17) is 0 Å². The van der Waals surface area contributed by atoms with Gasteiger partial charge in [-0.3, -0.25) is 0 Å². The van der Waals surface area contributed by atoms with Crippen LogP contribution in [-0.4, -0.2) is 6.88 Å². The molecule has 4 aromatic carbocycles. The molecule has 0 unspecified atom stereocenters. The van der Waals surface area contributed by atoms with E-state index in [9.17, 15) is 0 Å². The number of benzene rings is 2. The van der Waals surface area contributed by atoms with Crippen molar-refractivity contribution in [1.82, 2.24) is 0 Å². The Hall–Kier alpha value is -1.26. The molecule has 0 spiro atoms. The molecule has 6 heteroatoms. The third-order valence-corrected chi connectivity index (χ3v) is 6.69. The van der Waals surface area contributed by atoms with E-state index in [-0.39, 0.29) is 39.7 Å². The van der Waals surface area contributed by atoms with Crippen LogP contribution in [0, 0.1) is 14.9 Å². The minimum atomic E-state index is 0. The zero-order chi connectivity index (χ0) is 20.8. The van der Waals surface area contributed by atoms with Crippen molar-refractivity contribution in [2.45, 2.75) is 0 Å². The first-order chi connectivity index (χ1) is 14.9. The molecule has 2 aromatic heterocycles. The van der Waals surface area contributed by atoms with E-state index in [2.05, 4.69) is 115 Å². The maximum atomic E-state index is 3.06. The summed E-state index contributed by atoms with van der Waals surface area (Å²) in [4.78, 5) is 2.70. The fourth-order valence-corrected chi connectivity index (χ4v) is 4.90. The number of hydrogen-bond donors (Lipinski definition) is 0. The normalized spacial score (nSPS) is 9.03. The maximum Gasteiger partial charge on any atom is -0.0174 e. The first-order valence-corrected chi connectivity index (χ1v) is 15.5. The van der Waals surface area contributed by atoms with Crippen LogP contribution in [-0.2, 0) is 23.3 Å². The minimum Gasteiger partial charge on any atom is -0.185 e. The zero-order valence-corrected chi connectivity index (χ0v) is 25.7. The molecule has 0 N–H and O–H groups in total. The van der Waals surface area contributed by atoms with E-state index in [0.717, 1.165) is 0 Å². The number of fused-ring (bicyclic) bond motifs is 2. The molecule has 2 radical (unpaired) electrons. The molecule has 0 saturated heterocycles. The number of rotatable bonds is 2. The summed E-state index contributed by atoms with van der Waals surface area (Å²) in [5.41, 5.74) is 2.67. The fraction of sp³-hybridized carbons (Fsp3) is 0. The summed E-state index contributed by atoms with van der Waals surface area (Å²) in [7, 11) is 0. The van der Waals surface area contributed by atoms with Crippen molar-refractivity contribution in [2.24, 2.45) is 0 Å². The summed E-state index contributed by atoms with van der Waals surface area (Å²) in [6, 6.07) is 34.5. The average molecular weight is 617 g/mol.